The summed E-state index contributed by atoms with van der Waals surface area (Å²) in [4.78, 5) is 10.6. The zero-order valence-electron chi connectivity index (χ0n) is 9.46. The van der Waals surface area contributed by atoms with Crippen LogP contribution >= 0.6 is 0 Å². The third-order valence-corrected chi connectivity index (χ3v) is 2.69. The van der Waals surface area contributed by atoms with E-state index in [1.54, 1.807) is 0 Å². The van der Waals surface area contributed by atoms with E-state index in [-0.39, 0.29) is 6.08 Å². The molecule has 1 fully saturated rings. The van der Waals surface area contributed by atoms with Crippen LogP contribution in [0.25, 0.3) is 0 Å². The van der Waals surface area contributed by atoms with Gasteiger partial charge in [-0.15, -0.1) is 0 Å². The van der Waals surface area contributed by atoms with Crippen LogP contribution in [0.15, 0.2) is 12.7 Å². The predicted octanol–water partition coefficient (Wildman–Crippen LogP) is 3.27. The van der Waals surface area contributed by atoms with Crippen LogP contribution in [-0.4, -0.2) is 41.7 Å². The van der Waals surface area contributed by atoms with Crippen molar-refractivity contribution in [3.05, 3.63) is 12.7 Å². The van der Waals surface area contributed by atoms with E-state index in [0.29, 0.717) is 0 Å². The molecule has 0 heterocycles. The van der Waals surface area contributed by atoms with Crippen molar-refractivity contribution in [3.8, 4) is 0 Å². The van der Waals surface area contributed by atoms with Crippen LogP contribution in [0.3, 0.4) is 0 Å². The predicted molar refractivity (Wildman–Crippen MR) is 44.8 cm³/mol. The molecule has 2 nitrogen and oxygen atoms in total. The van der Waals surface area contributed by atoms with Crippen molar-refractivity contribution in [1.29, 1.82) is 0 Å². The first-order valence-corrected chi connectivity index (χ1v) is 4.81. The number of esters is 1. The summed E-state index contributed by atoms with van der Waals surface area (Å²) in [5.74, 6) is -36.0. The monoisotopic (exact) mass is 334 g/mol. The number of ether oxygens (including phenoxy) is 1. The van der Waals surface area contributed by atoms with Crippen LogP contribution < -0.4 is 0 Å². The van der Waals surface area contributed by atoms with Crippen LogP contribution in [0.4, 0.5) is 43.9 Å². The Morgan fingerprint density at radius 1 is 0.810 bits per heavy atom. The van der Waals surface area contributed by atoms with Crippen LogP contribution in [0.5, 0.6) is 0 Å². The summed E-state index contributed by atoms with van der Waals surface area (Å²) in [7, 11) is 0. The van der Waals surface area contributed by atoms with Gasteiger partial charge in [-0.05, 0) is 0 Å². The van der Waals surface area contributed by atoms with Gasteiger partial charge in [-0.3, -0.25) is 0 Å². The Kier molecular flexibility index (Phi) is 3.56. The van der Waals surface area contributed by atoms with Gasteiger partial charge in [0.15, 0.2) is 0 Å². The fourth-order valence-corrected chi connectivity index (χ4v) is 1.49. The summed E-state index contributed by atoms with van der Waals surface area (Å²) in [6, 6.07) is 0. The topological polar surface area (TPSA) is 26.3 Å². The molecule has 1 aliphatic carbocycles. The second-order valence-corrected chi connectivity index (χ2v) is 3.99. The van der Waals surface area contributed by atoms with Gasteiger partial charge in [0.2, 0.25) is 6.10 Å². The van der Waals surface area contributed by atoms with Crippen molar-refractivity contribution in [1.82, 2.24) is 0 Å². The molecule has 0 aromatic carbocycles. The molecular formula is C9H4F10O2. The number of alkyl halides is 10. The van der Waals surface area contributed by atoms with Crippen molar-refractivity contribution in [3.63, 3.8) is 0 Å². The van der Waals surface area contributed by atoms with Crippen molar-refractivity contribution < 1.29 is 53.4 Å². The van der Waals surface area contributed by atoms with E-state index < -0.39 is 41.7 Å². The number of halogens is 10. The lowest BCUT2D eigenvalue weighted by atomic mass is 9.80. The number of hydrogen-bond acceptors (Lipinski definition) is 2. The van der Waals surface area contributed by atoms with E-state index in [0.717, 1.165) is 0 Å². The van der Waals surface area contributed by atoms with Gasteiger partial charge < -0.3 is 4.74 Å². The molecule has 21 heavy (non-hydrogen) atoms. The standard InChI is InChI=1S/C9H4F10O2/c1-2-3(20)21-4-5(10,11)7(14,15)9(18,19)8(16,17)6(4,12)13/h2,4H,1H2. The second kappa shape index (κ2) is 4.26. The Bertz CT molecular complexity index is 439. The van der Waals surface area contributed by atoms with Gasteiger partial charge in [0.05, 0.1) is 0 Å². The maximum absolute atomic E-state index is 13.1. The lowest BCUT2D eigenvalue weighted by molar-refractivity contribution is -0.468. The van der Waals surface area contributed by atoms with E-state index >= 15 is 0 Å². The van der Waals surface area contributed by atoms with Crippen molar-refractivity contribution >= 4 is 5.97 Å². The minimum absolute atomic E-state index is 0.0742. The lowest BCUT2D eigenvalue weighted by Crippen LogP contribution is -2.80. The molecule has 1 saturated carbocycles. The molecular weight excluding hydrogens is 330 g/mol. The van der Waals surface area contributed by atoms with Gasteiger partial charge in [-0.25, -0.2) is 4.79 Å². The average Bonchev–Trinajstić information content (AvgIpc) is 2.32. The lowest BCUT2D eigenvalue weighted by Gasteiger charge is -2.48. The van der Waals surface area contributed by atoms with E-state index in [2.05, 4.69) is 11.3 Å². The van der Waals surface area contributed by atoms with Crippen molar-refractivity contribution in [2.45, 2.75) is 35.7 Å². The smallest absolute Gasteiger partial charge is 0.384 e. The summed E-state index contributed by atoms with van der Waals surface area (Å²) in [6.07, 6.45) is -4.88. The quantitative estimate of drug-likeness (QED) is 0.440. The average molecular weight is 334 g/mol. The van der Waals surface area contributed by atoms with Crippen molar-refractivity contribution in [2.24, 2.45) is 0 Å². The fraction of sp³-hybridized carbons (Fsp3) is 0.667. The summed E-state index contributed by atoms with van der Waals surface area (Å²) < 4.78 is 133. The Hall–Kier alpha value is -1.49. The van der Waals surface area contributed by atoms with E-state index in [1.807, 2.05) is 0 Å². The Balaban J connectivity index is 3.57. The molecule has 0 unspecified atom stereocenters. The van der Waals surface area contributed by atoms with Gasteiger partial charge in [0, 0.05) is 6.08 Å². The van der Waals surface area contributed by atoms with Gasteiger partial charge in [-0.1, -0.05) is 6.58 Å². The van der Waals surface area contributed by atoms with E-state index in [9.17, 15) is 48.7 Å². The maximum Gasteiger partial charge on any atom is 0.384 e. The molecule has 12 heteroatoms. The molecule has 0 aliphatic heterocycles. The summed E-state index contributed by atoms with van der Waals surface area (Å²) >= 11 is 0. The van der Waals surface area contributed by atoms with Crippen LogP contribution in [-0.2, 0) is 9.53 Å². The molecule has 1 rings (SSSR count). The Morgan fingerprint density at radius 3 is 1.43 bits per heavy atom. The molecule has 0 spiro atoms. The highest BCUT2D eigenvalue weighted by molar-refractivity contribution is 5.81. The number of rotatable bonds is 2. The molecule has 0 amide bonds. The van der Waals surface area contributed by atoms with Crippen LogP contribution in [0, 0.1) is 0 Å². The first kappa shape index (κ1) is 17.6. The highest BCUT2D eigenvalue weighted by Gasteiger charge is 2.96. The number of carbonyl (C=O) groups excluding carboxylic acids is 1. The summed E-state index contributed by atoms with van der Waals surface area (Å²) in [6.45, 7) is 2.54. The second-order valence-electron chi connectivity index (χ2n) is 3.99. The highest BCUT2D eigenvalue weighted by Crippen LogP contribution is 2.65. The molecule has 0 saturated heterocycles. The number of hydrogen-bond donors (Lipinski definition) is 0. The maximum atomic E-state index is 13.1. The third kappa shape index (κ3) is 1.83. The van der Waals surface area contributed by atoms with E-state index in [1.165, 1.54) is 0 Å². The first-order valence-electron chi connectivity index (χ1n) is 4.81. The number of carbonyl (C=O) groups is 1. The van der Waals surface area contributed by atoms with Gasteiger partial charge in [0.25, 0.3) is 0 Å². The first-order chi connectivity index (χ1) is 9.09. The van der Waals surface area contributed by atoms with E-state index in [4.69, 9.17) is 0 Å². The highest BCUT2D eigenvalue weighted by atomic mass is 19.4. The summed E-state index contributed by atoms with van der Waals surface area (Å²) in [5, 5.41) is 0. The fourth-order valence-electron chi connectivity index (χ4n) is 1.49. The molecule has 1 aliphatic rings. The summed E-state index contributed by atoms with van der Waals surface area (Å²) in [5.41, 5.74) is 0. The molecule has 0 N–H and O–H groups in total. The molecule has 122 valence electrons. The van der Waals surface area contributed by atoms with Gasteiger partial charge in [-0.2, -0.15) is 43.9 Å². The zero-order chi connectivity index (χ0) is 17.1. The molecule has 0 aromatic rings. The van der Waals surface area contributed by atoms with Gasteiger partial charge >= 0.3 is 35.6 Å². The molecule has 0 bridgehead atoms. The Morgan fingerprint density at radius 2 is 1.14 bits per heavy atom. The van der Waals surface area contributed by atoms with Crippen molar-refractivity contribution in [2.75, 3.05) is 0 Å². The molecule has 0 atom stereocenters. The largest absolute Gasteiger partial charge is 0.446 e. The van der Waals surface area contributed by atoms with Crippen LogP contribution in [0.2, 0.25) is 0 Å². The zero-order valence-corrected chi connectivity index (χ0v) is 9.46. The minimum Gasteiger partial charge on any atom is -0.446 e. The van der Waals surface area contributed by atoms with Crippen LogP contribution in [0.1, 0.15) is 0 Å². The molecule has 0 radical (unpaired) electrons. The molecule has 0 aromatic heterocycles. The van der Waals surface area contributed by atoms with Gasteiger partial charge in [0.1, 0.15) is 0 Å². The normalized spacial score (nSPS) is 28.7. The minimum atomic E-state index is -7.08. The SMILES string of the molecule is C=CC(=O)OC1C(F)(F)C(F)(F)C(F)(F)C(F)(F)C1(F)F. The Labute approximate surface area is 109 Å². The third-order valence-electron chi connectivity index (χ3n) is 2.69.